The molecule has 112 valence electrons. The molecule has 3 aromatic carbocycles. The molecule has 2 nitrogen and oxygen atoms in total. The Kier molecular flexibility index (Phi) is 3.09. The maximum atomic E-state index is 12.9. The van der Waals surface area contributed by atoms with E-state index in [-0.39, 0.29) is 5.56 Å². The van der Waals surface area contributed by atoms with Crippen LogP contribution in [-0.2, 0) is 6.18 Å². The first kappa shape index (κ1) is 14.4. The first-order chi connectivity index (χ1) is 10.3. The van der Waals surface area contributed by atoms with Crippen molar-refractivity contribution < 1.29 is 23.1 Å². The van der Waals surface area contributed by atoms with Crippen LogP contribution in [0.15, 0.2) is 42.5 Å². The quantitative estimate of drug-likeness (QED) is 0.641. The van der Waals surface area contributed by atoms with Gasteiger partial charge in [0.2, 0.25) is 0 Å². The van der Waals surface area contributed by atoms with Crippen molar-refractivity contribution in [3.05, 3.63) is 59.2 Å². The fourth-order valence-electron chi connectivity index (χ4n) is 2.62. The SMILES string of the molecule is Cc1ccc2cc(C(=O)O)c3ccc(C(F)(F)F)cc3c2c1. The van der Waals surface area contributed by atoms with Crippen LogP contribution in [0, 0.1) is 6.92 Å². The predicted octanol–water partition coefficient (Wildman–Crippen LogP) is 5.02. The van der Waals surface area contributed by atoms with E-state index >= 15 is 0 Å². The van der Waals surface area contributed by atoms with Crippen LogP contribution < -0.4 is 0 Å². The number of fused-ring (bicyclic) bond motifs is 3. The Balaban J connectivity index is 2.50. The number of carbonyl (C=O) groups is 1. The fourth-order valence-corrected chi connectivity index (χ4v) is 2.62. The van der Waals surface area contributed by atoms with E-state index in [9.17, 15) is 23.1 Å². The molecule has 0 aliphatic carbocycles. The molecule has 0 heterocycles. The number of rotatable bonds is 1. The number of benzene rings is 3. The number of halogens is 3. The van der Waals surface area contributed by atoms with Crippen LogP contribution >= 0.6 is 0 Å². The number of aromatic carboxylic acids is 1. The molecule has 0 aliphatic rings. The monoisotopic (exact) mass is 304 g/mol. The zero-order valence-electron chi connectivity index (χ0n) is 11.5. The Labute approximate surface area is 123 Å². The van der Waals surface area contributed by atoms with E-state index in [1.807, 2.05) is 6.92 Å². The highest BCUT2D eigenvalue weighted by Gasteiger charge is 2.31. The number of hydrogen-bond donors (Lipinski definition) is 1. The zero-order chi connectivity index (χ0) is 16.1. The largest absolute Gasteiger partial charge is 0.478 e. The normalized spacial score (nSPS) is 12.0. The van der Waals surface area contributed by atoms with Crippen molar-refractivity contribution in [1.82, 2.24) is 0 Å². The van der Waals surface area contributed by atoms with Crippen LogP contribution in [0.2, 0.25) is 0 Å². The average Bonchev–Trinajstić information content (AvgIpc) is 2.44. The average molecular weight is 304 g/mol. The minimum atomic E-state index is -4.47. The molecule has 5 heteroatoms. The van der Waals surface area contributed by atoms with Crippen LogP contribution in [-0.4, -0.2) is 11.1 Å². The minimum absolute atomic E-state index is 0.0000718. The molecule has 0 saturated carbocycles. The van der Waals surface area contributed by atoms with Gasteiger partial charge in [0.25, 0.3) is 0 Å². The van der Waals surface area contributed by atoms with Gasteiger partial charge in [0, 0.05) is 0 Å². The number of hydrogen-bond acceptors (Lipinski definition) is 1. The highest BCUT2D eigenvalue weighted by Crippen LogP contribution is 2.35. The highest BCUT2D eigenvalue weighted by molar-refractivity contribution is 6.16. The summed E-state index contributed by atoms with van der Waals surface area (Å²) in [6.07, 6.45) is -4.47. The van der Waals surface area contributed by atoms with Crippen molar-refractivity contribution in [2.75, 3.05) is 0 Å². The summed E-state index contributed by atoms with van der Waals surface area (Å²) in [6.45, 7) is 1.84. The summed E-state index contributed by atoms with van der Waals surface area (Å²) in [5, 5.41) is 11.1. The lowest BCUT2D eigenvalue weighted by molar-refractivity contribution is -0.137. The van der Waals surface area contributed by atoms with Gasteiger partial charge < -0.3 is 5.11 Å². The summed E-state index contributed by atoms with van der Waals surface area (Å²) in [4.78, 5) is 11.4. The third-order valence-electron chi connectivity index (χ3n) is 3.67. The molecule has 0 fully saturated rings. The third kappa shape index (κ3) is 2.28. The predicted molar refractivity (Wildman–Crippen MR) is 78.2 cm³/mol. The number of carboxylic acids is 1. The van der Waals surface area contributed by atoms with E-state index in [2.05, 4.69) is 0 Å². The van der Waals surface area contributed by atoms with E-state index in [4.69, 9.17) is 0 Å². The molecule has 0 unspecified atom stereocenters. The summed E-state index contributed by atoms with van der Waals surface area (Å²) in [5.41, 5.74) is 0.111. The summed E-state index contributed by atoms with van der Waals surface area (Å²) >= 11 is 0. The fraction of sp³-hybridized carbons (Fsp3) is 0.118. The van der Waals surface area contributed by atoms with Crippen LogP contribution in [0.1, 0.15) is 21.5 Å². The van der Waals surface area contributed by atoms with Gasteiger partial charge in [0.05, 0.1) is 11.1 Å². The lowest BCUT2D eigenvalue weighted by Gasteiger charge is -2.12. The number of alkyl halides is 3. The zero-order valence-corrected chi connectivity index (χ0v) is 11.5. The molecule has 0 saturated heterocycles. The summed E-state index contributed by atoms with van der Waals surface area (Å²) in [5.74, 6) is -1.16. The third-order valence-corrected chi connectivity index (χ3v) is 3.67. The second kappa shape index (κ2) is 4.73. The van der Waals surface area contributed by atoms with Gasteiger partial charge in [-0.15, -0.1) is 0 Å². The first-order valence-corrected chi connectivity index (χ1v) is 6.55. The highest BCUT2D eigenvalue weighted by atomic mass is 19.4. The Morgan fingerprint density at radius 2 is 1.68 bits per heavy atom. The van der Waals surface area contributed by atoms with Gasteiger partial charge in [-0.3, -0.25) is 0 Å². The van der Waals surface area contributed by atoms with Gasteiger partial charge >= 0.3 is 12.1 Å². The van der Waals surface area contributed by atoms with Crippen molar-refractivity contribution in [1.29, 1.82) is 0 Å². The smallest absolute Gasteiger partial charge is 0.416 e. The lowest BCUT2D eigenvalue weighted by atomic mass is 9.94. The topological polar surface area (TPSA) is 37.3 Å². The van der Waals surface area contributed by atoms with Crippen molar-refractivity contribution in [2.45, 2.75) is 13.1 Å². The summed E-state index contributed by atoms with van der Waals surface area (Å²) < 4.78 is 38.8. The summed E-state index contributed by atoms with van der Waals surface area (Å²) in [7, 11) is 0. The molecular formula is C17H11F3O2. The van der Waals surface area contributed by atoms with Crippen molar-refractivity contribution >= 4 is 27.5 Å². The van der Waals surface area contributed by atoms with E-state index in [1.165, 1.54) is 12.1 Å². The van der Waals surface area contributed by atoms with E-state index in [1.54, 1.807) is 18.2 Å². The van der Waals surface area contributed by atoms with E-state index in [0.717, 1.165) is 17.7 Å². The molecule has 1 N–H and O–H groups in total. The standard InChI is InChI=1S/C17H11F3O2/c1-9-2-3-10-7-15(16(21)22)12-5-4-11(17(18,19)20)8-14(12)13(10)6-9/h2-8H,1H3,(H,21,22). The van der Waals surface area contributed by atoms with E-state index in [0.29, 0.717) is 21.5 Å². The molecule has 0 bridgehead atoms. The summed E-state index contributed by atoms with van der Waals surface area (Å²) in [6, 6.07) is 9.93. The molecule has 3 rings (SSSR count). The van der Waals surface area contributed by atoms with Crippen molar-refractivity contribution in [3.63, 3.8) is 0 Å². The van der Waals surface area contributed by atoms with Gasteiger partial charge in [-0.1, -0.05) is 29.8 Å². The van der Waals surface area contributed by atoms with Gasteiger partial charge in [0.1, 0.15) is 0 Å². The number of carboxylic acid groups (broad SMARTS) is 1. The van der Waals surface area contributed by atoms with Gasteiger partial charge in [-0.25, -0.2) is 4.79 Å². The molecule has 0 atom stereocenters. The Hall–Kier alpha value is -2.56. The molecule has 0 spiro atoms. The minimum Gasteiger partial charge on any atom is -0.478 e. The van der Waals surface area contributed by atoms with Crippen LogP contribution in [0.3, 0.4) is 0 Å². The molecule has 3 aromatic rings. The van der Waals surface area contributed by atoms with E-state index < -0.39 is 17.7 Å². The molecule has 22 heavy (non-hydrogen) atoms. The van der Waals surface area contributed by atoms with Gasteiger partial charge in [0.15, 0.2) is 0 Å². The first-order valence-electron chi connectivity index (χ1n) is 6.55. The van der Waals surface area contributed by atoms with Crippen molar-refractivity contribution in [3.8, 4) is 0 Å². The Morgan fingerprint density at radius 3 is 2.32 bits per heavy atom. The lowest BCUT2D eigenvalue weighted by Crippen LogP contribution is -2.05. The number of aryl methyl sites for hydroxylation is 1. The molecule has 0 aromatic heterocycles. The molecule has 0 radical (unpaired) electrons. The van der Waals surface area contributed by atoms with Crippen LogP contribution in [0.4, 0.5) is 13.2 Å². The second-order valence-electron chi connectivity index (χ2n) is 5.21. The van der Waals surface area contributed by atoms with Gasteiger partial charge in [-0.2, -0.15) is 13.2 Å². The molecule has 0 amide bonds. The second-order valence-corrected chi connectivity index (χ2v) is 5.21. The van der Waals surface area contributed by atoms with Crippen LogP contribution in [0.25, 0.3) is 21.5 Å². The van der Waals surface area contributed by atoms with Crippen molar-refractivity contribution in [2.24, 2.45) is 0 Å². The Morgan fingerprint density at radius 1 is 0.955 bits per heavy atom. The maximum absolute atomic E-state index is 12.9. The molecule has 0 aliphatic heterocycles. The molecular weight excluding hydrogens is 293 g/mol. The van der Waals surface area contributed by atoms with Crippen LogP contribution in [0.5, 0.6) is 0 Å². The maximum Gasteiger partial charge on any atom is 0.416 e. The Bertz CT molecular complexity index is 911. The van der Waals surface area contributed by atoms with Gasteiger partial charge in [-0.05, 0) is 46.7 Å².